The van der Waals surface area contributed by atoms with Gasteiger partial charge in [0.25, 0.3) is 5.91 Å². The van der Waals surface area contributed by atoms with Gasteiger partial charge in [0.05, 0.1) is 20.1 Å². The van der Waals surface area contributed by atoms with Crippen LogP contribution in [0, 0.1) is 18.8 Å². The maximum Gasteiger partial charge on any atom is 0.257 e. The van der Waals surface area contributed by atoms with Crippen molar-refractivity contribution in [3.63, 3.8) is 0 Å². The van der Waals surface area contributed by atoms with E-state index in [0.717, 1.165) is 22.2 Å². The van der Waals surface area contributed by atoms with E-state index in [-0.39, 0.29) is 10.8 Å². The van der Waals surface area contributed by atoms with Gasteiger partial charge in [-0.25, -0.2) is 13.4 Å². The zero-order valence-electron chi connectivity index (χ0n) is 17.6. The lowest BCUT2D eigenvalue weighted by atomic mass is 9.94. The molecule has 0 aliphatic carbocycles. The van der Waals surface area contributed by atoms with Gasteiger partial charge in [0.15, 0.2) is 5.13 Å². The number of piperidine rings is 1. The minimum Gasteiger partial charge on any atom is -0.298 e. The summed E-state index contributed by atoms with van der Waals surface area (Å²) >= 11 is 7.54. The second-order valence-electron chi connectivity index (χ2n) is 8.31. The van der Waals surface area contributed by atoms with Crippen molar-refractivity contribution in [2.75, 3.05) is 18.4 Å². The zero-order chi connectivity index (χ0) is 22.3. The van der Waals surface area contributed by atoms with Crippen LogP contribution in [0.4, 0.5) is 5.13 Å². The number of nitrogens with one attached hydrogen (secondary N) is 1. The highest BCUT2D eigenvalue weighted by Crippen LogP contribution is 2.34. The summed E-state index contributed by atoms with van der Waals surface area (Å²) in [5, 5.41) is 3.83. The van der Waals surface area contributed by atoms with Crippen LogP contribution in [0.5, 0.6) is 0 Å². The predicted octanol–water partition coefficient (Wildman–Crippen LogP) is 5.18. The van der Waals surface area contributed by atoms with Gasteiger partial charge < -0.3 is 0 Å². The van der Waals surface area contributed by atoms with Gasteiger partial charge in [-0.05, 0) is 61.1 Å². The van der Waals surface area contributed by atoms with Crippen LogP contribution >= 0.6 is 22.9 Å². The lowest BCUT2D eigenvalue weighted by molar-refractivity contribution is 0.102. The standard InChI is InChI=1S/C22H24ClN3O3S2/c1-13-10-14(2)12-26(11-13)31(28,29)17-7-5-16(6-8-17)21(27)25-22-24-19-15(3)4-9-18(23)20(19)30-22/h4-9,13-14H,10-12H2,1-3H3,(H,24,25,27)/t13-,14-/m0/s1. The Bertz CT molecular complexity index is 1190. The Balaban J connectivity index is 1.52. The second-order valence-corrected chi connectivity index (χ2v) is 11.7. The minimum atomic E-state index is -3.58. The minimum absolute atomic E-state index is 0.202. The third-order valence-corrected chi connectivity index (χ3v) is 8.78. The molecule has 0 bridgehead atoms. The Kier molecular flexibility index (Phi) is 6.09. The number of aryl methyl sites for hydroxylation is 1. The maximum absolute atomic E-state index is 13.0. The topological polar surface area (TPSA) is 79.4 Å². The van der Waals surface area contributed by atoms with E-state index in [0.29, 0.717) is 40.6 Å². The number of benzene rings is 2. The van der Waals surface area contributed by atoms with E-state index < -0.39 is 10.0 Å². The Morgan fingerprint density at radius 2 is 1.77 bits per heavy atom. The molecule has 31 heavy (non-hydrogen) atoms. The Morgan fingerprint density at radius 1 is 1.13 bits per heavy atom. The van der Waals surface area contributed by atoms with Crippen LogP contribution < -0.4 is 5.32 Å². The molecule has 1 aromatic heterocycles. The second kappa shape index (κ2) is 8.50. The highest BCUT2D eigenvalue weighted by Gasteiger charge is 2.31. The molecule has 0 unspecified atom stereocenters. The number of rotatable bonds is 4. The fourth-order valence-corrected chi connectivity index (χ4v) is 6.94. The van der Waals surface area contributed by atoms with E-state index >= 15 is 0 Å². The van der Waals surface area contributed by atoms with Crippen molar-refractivity contribution in [2.24, 2.45) is 11.8 Å². The first-order chi connectivity index (χ1) is 14.6. The molecule has 2 heterocycles. The van der Waals surface area contributed by atoms with Gasteiger partial charge in [-0.1, -0.05) is 42.9 Å². The molecule has 6 nitrogen and oxygen atoms in total. The van der Waals surface area contributed by atoms with E-state index in [4.69, 9.17) is 11.6 Å². The van der Waals surface area contributed by atoms with Crippen molar-refractivity contribution in [1.29, 1.82) is 0 Å². The van der Waals surface area contributed by atoms with Crippen molar-refractivity contribution < 1.29 is 13.2 Å². The lowest BCUT2D eigenvalue weighted by Crippen LogP contribution is -2.42. The van der Waals surface area contributed by atoms with Gasteiger partial charge in [-0.2, -0.15) is 4.31 Å². The zero-order valence-corrected chi connectivity index (χ0v) is 19.9. The first-order valence-electron chi connectivity index (χ1n) is 10.1. The molecule has 1 aliphatic heterocycles. The molecule has 2 atom stereocenters. The summed E-state index contributed by atoms with van der Waals surface area (Å²) in [6.45, 7) is 7.13. The van der Waals surface area contributed by atoms with Gasteiger partial charge in [-0.3, -0.25) is 10.1 Å². The van der Waals surface area contributed by atoms with Gasteiger partial charge >= 0.3 is 0 Å². The largest absolute Gasteiger partial charge is 0.298 e. The molecule has 1 amide bonds. The Morgan fingerprint density at radius 3 is 2.39 bits per heavy atom. The summed E-state index contributed by atoms with van der Waals surface area (Å²) in [6.07, 6.45) is 1.03. The molecule has 1 aliphatic rings. The highest BCUT2D eigenvalue weighted by atomic mass is 35.5. The van der Waals surface area contributed by atoms with Crippen molar-refractivity contribution in [2.45, 2.75) is 32.1 Å². The summed E-state index contributed by atoms with van der Waals surface area (Å²) in [6, 6.07) is 9.75. The van der Waals surface area contributed by atoms with E-state index in [2.05, 4.69) is 24.1 Å². The molecule has 1 saturated heterocycles. The van der Waals surface area contributed by atoms with Gasteiger partial charge in [-0.15, -0.1) is 0 Å². The molecule has 9 heteroatoms. The fraction of sp³-hybridized carbons (Fsp3) is 0.364. The van der Waals surface area contributed by atoms with Gasteiger partial charge in [0.2, 0.25) is 10.0 Å². The molecule has 1 N–H and O–H groups in total. The van der Waals surface area contributed by atoms with E-state index in [1.807, 2.05) is 19.1 Å². The van der Waals surface area contributed by atoms with Crippen LogP contribution in [0.1, 0.15) is 36.2 Å². The molecule has 2 aromatic carbocycles. The Hall–Kier alpha value is -2.00. The third-order valence-electron chi connectivity index (χ3n) is 5.51. The van der Waals surface area contributed by atoms with E-state index in [1.54, 1.807) is 4.31 Å². The van der Waals surface area contributed by atoms with Crippen molar-refractivity contribution in [3.8, 4) is 0 Å². The highest BCUT2D eigenvalue weighted by molar-refractivity contribution is 7.89. The third kappa shape index (κ3) is 4.48. The number of thiazole rings is 1. The van der Waals surface area contributed by atoms with Crippen LogP contribution in [0.3, 0.4) is 0 Å². The summed E-state index contributed by atoms with van der Waals surface area (Å²) in [7, 11) is -3.58. The fourth-order valence-electron chi connectivity index (χ4n) is 4.05. The summed E-state index contributed by atoms with van der Waals surface area (Å²) in [5.74, 6) is 0.307. The number of sulfonamides is 1. The molecule has 1 fully saturated rings. The molecule has 0 radical (unpaired) electrons. The predicted molar refractivity (Wildman–Crippen MR) is 125 cm³/mol. The number of nitrogens with zero attached hydrogens (tertiary/aromatic N) is 2. The smallest absolute Gasteiger partial charge is 0.257 e. The average molecular weight is 478 g/mol. The van der Waals surface area contributed by atoms with Crippen molar-refractivity contribution in [1.82, 2.24) is 9.29 Å². The summed E-state index contributed by atoms with van der Waals surface area (Å²) in [5.41, 5.74) is 2.10. The number of hydrogen-bond donors (Lipinski definition) is 1. The van der Waals surface area contributed by atoms with Crippen LogP contribution in [0.25, 0.3) is 10.2 Å². The Labute approximate surface area is 191 Å². The van der Waals surface area contributed by atoms with Crippen LogP contribution in [0.15, 0.2) is 41.3 Å². The van der Waals surface area contributed by atoms with E-state index in [9.17, 15) is 13.2 Å². The molecular weight excluding hydrogens is 454 g/mol. The molecule has 3 aromatic rings. The summed E-state index contributed by atoms with van der Waals surface area (Å²) < 4.78 is 28.4. The number of amides is 1. The van der Waals surface area contributed by atoms with Crippen LogP contribution in [0.2, 0.25) is 5.02 Å². The van der Waals surface area contributed by atoms with E-state index in [1.165, 1.54) is 35.6 Å². The number of halogens is 1. The molecule has 4 rings (SSSR count). The number of hydrogen-bond acceptors (Lipinski definition) is 5. The first kappa shape index (κ1) is 22.2. The molecule has 0 saturated carbocycles. The number of anilines is 1. The molecule has 0 spiro atoms. The van der Waals surface area contributed by atoms with Crippen LogP contribution in [-0.2, 0) is 10.0 Å². The number of carbonyl (C=O) groups excluding carboxylic acids is 1. The lowest BCUT2D eigenvalue weighted by Gasteiger charge is -2.34. The number of aromatic nitrogens is 1. The van der Waals surface area contributed by atoms with Crippen molar-refractivity contribution in [3.05, 3.63) is 52.5 Å². The van der Waals surface area contributed by atoms with Crippen molar-refractivity contribution >= 4 is 54.2 Å². The number of carbonyl (C=O) groups is 1. The molecule has 164 valence electrons. The molecular formula is C22H24ClN3O3S2. The average Bonchev–Trinajstić information content (AvgIpc) is 3.15. The number of fused-ring (bicyclic) bond motifs is 1. The monoisotopic (exact) mass is 477 g/mol. The van der Waals surface area contributed by atoms with Gasteiger partial charge in [0.1, 0.15) is 0 Å². The maximum atomic E-state index is 13.0. The normalized spacial score (nSPS) is 20.1. The first-order valence-corrected chi connectivity index (χ1v) is 12.8. The van der Waals surface area contributed by atoms with Gasteiger partial charge in [0, 0.05) is 18.7 Å². The summed E-state index contributed by atoms with van der Waals surface area (Å²) in [4.78, 5) is 17.3. The van der Waals surface area contributed by atoms with Crippen LogP contribution in [-0.4, -0.2) is 36.7 Å². The SMILES string of the molecule is Cc1ccc(Cl)c2sc(NC(=O)c3ccc(S(=O)(=O)N4C[C@@H](C)C[C@H](C)C4)cc3)nc12. The quantitative estimate of drug-likeness (QED) is 0.561.